The highest BCUT2D eigenvalue weighted by Gasteiger charge is 2.13. The molecule has 0 saturated heterocycles. The summed E-state index contributed by atoms with van der Waals surface area (Å²) < 4.78 is 0. The Bertz CT molecular complexity index is 1720. The van der Waals surface area contributed by atoms with Crippen LogP contribution in [0.3, 0.4) is 0 Å². The Morgan fingerprint density at radius 1 is 0.571 bits per heavy atom. The first-order chi connectivity index (χ1) is 20.1. The second-order valence-electron chi connectivity index (χ2n) is 11.2. The maximum atomic E-state index is 4.45. The number of benzene rings is 2. The monoisotopic (exact) mass is 582 g/mol. The van der Waals surface area contributed by atoms with Gasteiger partial charge in [-0.3, -0.25) is 0 Å². The van der Waals surface area contributed by atoms with Gasteiger partial charge in [0.05, 0.1) is 12.4 Å². The smallest absolute Gasteiger partial charge is 0.156 e. The van der Waals surface area contributed by atoms with Crippen molar-refractivity contribution in [1.29, 1.82) is 0 Å². The molecule has 0 atom stereocenters. The highest BCUT2D eigenvalue weighted by Crippen LogP contribution is 2.07. The zero-order valence-electron chi connectivity index (χ0n) is 24.5. The molecule has 0 amide bonds. The van der Waals surface area contributed by atoms with Crippen LogP contribution in [0.5, 0.6) is 0 Å². The Morgan fingerprint density at radius 3 is 1.31 bits per heavy atom. The minimum atomic E-state index is -1.68. The first-order valence-corrected chi connectivity index (χ1v) is 20.3. The normalized spacial score (nSPS) is 11.1. The molecule has 0 fully saturated rings. The third-order valence-corrected chi connectivity index (χ3v) is 6.83. The van der Waals surface area contributed by atoms with Gasteiger partial charge in [0.25, 0.3) is 0 Å². The van der Waals surface area contributed by atoms with Gasteiger partial charge in [-0.05, 0) is 57.1 Å². The Hall–Kier alpha value is -5.27. The Balaban J connectivity index is 1.66. The van der Waals surface area contributed by atoms with Gasteiger partial charge in [0.1, 0.15) is 16.1 Å². The lowest BCUT2D eigenvalue weighted by Gasteiger charge is -2.03. The molecular weight excluding hydrogens is 553 g/mol. The van der Waals surface area contributed by atoms with Gasteiger partial charge < -0.3 is 0 Å². The van der Waals surface area contributed by atoms with E-state index in [4.69, 9.17) is 0 Å². The van der Waals surface area contributed by atoms with Crippen molar-refractivity contribution in [2.45, 2.75) is 39.3 Å². The molecule has 4 rings (SSSR count). The van der Waals surface area contributed by atoms with E-state index in [0.717, 1.165) is 11.1 Å². The molecule has 0 N–H and O–H groups in total. The molecular formula is C32H30N8Si2. The summed E-state index contributed by atoms with van der Waals surface area (Å²) in [7, 11) is -3.36. The van der Waals surface area contributed by atoms with E-state index in [1.165, 1.54) is 9.58 Å². The van der Waals surface area contributed by atoms with Crippen LogP contribution in [0.1, 0.15) is 33.9 Å². The van der Waals surface area contributed by atoms with Crippen molar-refractivity contribution in [1.82, 2.24) is 30.2 Å². The molecule has 8 nitrogen and oxygen atoms in total. The van der Waals surface area contributed by atoms with Crippen LogP contribution in [0.25, 0.3) is 0 Å². The van der Waals surface area contributed by atoms with E-state index >= 15 is 0 Å². The highest BCUT2D eigenvalue weighted by molar-refractivity contribution is 6.84. The fourth-order valence-corrected chi connectivity index (χ4v) is 4.08. The predicted molar refractivity (Wildman–Crippen MR) is 173 cm³/mol. The van der Waals surface area contributed by atoms with E-state index in [9.17, 15) is 0 Å². The first kappa shape index (κ1) is 29.7. The standard InChI is InChI=1S/C32H30N8Si2/c1-41(2,3)23-21-31-29(35-37-39(31)33-25-27-15-9-7-10-16-27)19-13-14-20-30-32(22-24-42(4,5)6)40(38-36-30)34-26-28-17-11-8-12-18-28/h7-12,15-18,25-26H,1-6H3/b33-25+,34-26+. The summed E-state index contributed by atoms with van der Waals surface area (Å²) in [6.45, 7) is 13.0. The van der Waals surface area contributed by atoms with Crippen LogP contribution >= 0.6 is 0 Å². The van der Waals surface area contributed by atoms with Crippen LogP contribution in [-0.4, -0.2) is 58.8 Å². The Morgan fingerprint density at radius 2 is 0.952 bits per heavy atom. The molecule has 0 spiro atoms. The van der Waals surface area contributed by atoms with Gasteiger partial charge in [0.2, 0.25) is 0 Å². The van der Waals surface area contributed by atoms with Gasteiger partial charge in [-0.1, -0.05) is 99.9 Å². The van der Waals surface area contributed by atoms with Crippen molar-refractivity contribution in [2.75, 3.05) is 0 Å². The van der Waals surface area contributed by atoms with Crippen molar-refractivity contribution >= 4 is 28.6 Å². The average Bonchev–Trinajstić information content (AvgIpc) is 3.54. The molecule has 2 aromatic carbocycles. The van der Waals surface area contributed by atoms with E-state index in [-0.39, 0.29) is 0 Å². The molecule has 0 unspecified atom stereocenters. The number of hydrogen-bond acceptors (Lipinski definition) is 6. The van der Waals surface area contributed by atoms with Crippen molar-refractivity contribution in [3.8, 4) is 46.6 Å². The lowest BCUT2D eigenvalue weighted by atomic mass is 10.2. The molecule has 0 bridgehead atoms. The van der Waals surface area contributed by atoms with E-state index in [1.807, 2.05) is 60.7 Å². The summed E-state index contributed by atoms with van der Waals surface area (Å²) in [5.41, 5.74) is 10.4. The molecule has 0 aliphatic carbocycles. The van der Waals surface area contributed by atoms with Gasteiger partial charge in [0.15, 0.2) is 22.8 Å². The van der Waals surface area contributed by atoms with Crippen LogP contribution in [0, 0.1) is 46.6 Å². The first-order valence-electron chi connectivity index (χ1n) is 13.3. The summed E-state index contributed by atoms with van der Waals surface area (Å²) >= 11 is 0. The van der Waals surface area contributed by atoms with Crippen molar-refractivity contribution in [2.24, 2.45) is 10.2 Å². The Kier molecular flexibility index (Phi) is 9.47. The van der Waals surface area contributed by atoms with E-state index < -0.39 is 16.1 Å². The average molecular weight is 583 g/mol. The summed E-state index contributed by atoms with van der Waals surface area (Å²) in [6, 6.07) is 19.5. The predicted octanol–water partition coefficient (Wildman–Crippen LogP) is 4.50. The fraction of sp³-hybridized carbons (Fsp3) is 0.188. The van der Waals surface area contributed by atoms with Crippen molar-refractivity contribution < 1.29 is 0 Å². The number of hydrogen-bond donors (Lipinski definition) is 0. The molecule has 0 radical (unpaired) electrons. The second kappa shape index (κ2) is 13.4. The number of rotatable bonds is 4. The van der Waals surface area contributed by atoms with Gasteiger partial charge >= 0.3 is 0 Å². The van der Waals surface area contributed by atoms with E-state index in [0.29, 0.717) is 22.8 Å². The van der Waals surface area contributed by atoms with E-state index in [2.05, 4.69) is 117 Å². The lowest BCUT2D eigenvalue weighted by molar-refractivity contribution is 0.690. The zero-order valence-corrected chi connectivity index (χ0v) is 26.5. The number of nitrogens with zero attached hydrogens (tertiary/aromatic N) is 8. The molecule has 4 aromatic rings. The lowest BCUT2D eigenvalue weighted by Crippen LogP contribution is -2.16. The van der Waals surface area contributed by atoms with Crippen LogP contribution in [0.15, 0.2) is 70.9 Å². The molecule has 42 heavy (non-hydrogen) atoms. The molecule has 0 saturated carbocycles. The van der Waals surface area contributed by atoms with Crippen molar-refractivity contribution in [3.63, 3.8) is 0 Å². The summed E-state index contributed by atoms with van der Waals surface area (Å²) in [5.74, 6) is 18.0. The Labute approximate surface area is 249 Å². The maximum Gasteiger partial charge on any atom is 0.174 e. The molecule has 206 valence electrons. The maximum absolute atomic E-state index is 4.45. The summed E-state index contributed by atoms with van der Waals surface area (Å²) in [5, 5.41) is 25.6. The van der Waals surface area contributed by atoms with Crippen LogP contribution < -0.4 is 0 Å². The number of aromatic nitrogens is 6. The molecule has 0 aliphatic heterocycles. The van der Waals surface area contributed by atoms with Crippen LogP contribution in [-0.2, 0) is 0 Å². The van der Waals surface area contributed by atoms with Gasteiger partial charge in [-0.25, -0.2) is 0 Å². The van der Waals surface area contributed by atoms with Crippen LogP contribution in [0.2, 0.25) is 39.3 Å². The van der Waals surface area contributed by atoms with Gasteiger partial charge in [-0.2, -0.15) is 10.2 Å². The summed E-state index contributed by atoms with van der Waals surface area (Å²) in [6.07, 6.45) is 3.41. The quantitative estimate of drug-likeness (QED) is 0.202. The van der Waals surface area contributed by atoms with Gasteiger partial charge in [-0.15, -0.1) is 30.9 Å². The summed E-state index contributed by atoms with van der Waals surface area (Å²) in [4.78, 5) is 2.80. The molecule has 0 aliphatic rings. The van der Waals surface area contributed by atoms with Crippen LogP contribution in [0.4, 0.5) is 0 Å². The minimum absolute atomic E-state index is 0.398. The molecule has 2 aromatic heterocycles. The fourth-order valence-electron chi connectivity index (χ4n) is 3.09. The van der Waals surface area contributed by atoms with Crippen molar-refractivity contribution in [3.05, 3.63) is 94.6 Å². The largest absolute Gasteiger partial charge is 0.174 e. The van der Waals surface area contributed by atoms with E-state index in [1.54, 1.807) is 12.4 Å². The third-order valence-electron chi connectivity index (χ3n) is 5.08. The minimum Gasteiger partial charge on any atom is -0.156 e. The third kappa shape index (κ3) is 9.15. The molecule has 2 heterocycles. The second-order valence-corrected chi connectivity index (χ2v) is 20.7. The zero-order chi connectivity index (χ0) is 30.0. The highest BCUT2D eigenvalue weighted by atomic mass is 28.3. The topological polar surface area (TPSA) is 86.1 Å². The van der Waals surface area contributed by atoms with Gasteiger partial charge in [0, 0.05) is 0 Å². The molecule has 10 heteroatoms. The SMILES string of the molecule is C[Si](C)(C)C#Cc1c(C#CC#Cc2nnn(/N=C/c3ccccc3)c2C#C[Si](C)(C)C)nnn1/N=C/c1ccccc1.